The van der Waals surface area contributed by atoms with Crippen LogP contribution < -0.4 is 0 Å². The lowest BCUT2D eigenvalue weighted by atomic mass is 10.1. The van der Waals surface area contributed by atoms with Gasteiger partial charge in [-0.2, -0.15) is 0 Å². The van der Waals surface area contributed by atoms with Gasteiger partial charge in [0.2, 0.25) is 0 Å². The molecular formula is C14H28N2. The van der Waals surface area contributed by atoms with Crippen molar-refractivity contribution in [3.05, 3.63) is 0 Å². The van der Waals surface area contributed by atoms with Gasteiger partial charge in [-0.15, -0.1) is 0 Å². The molecule has 94 valence electrons. The van der Waals surface area contributed by atoms with Crippen molar-refractivity contribution in [2.24, 2.45) is 5.92 Å². The topological polar surface area (TPSA) is 6.48 Å². The lowest BCUT2D eigenvalue weighted by molar-refractivity contribution is 0.171. The van der Waals surface area contributed by atoms with Gasteiger partial charge in [0.1, 0.15) is 0 Å². The summed E-state index contributed by atoms with van der Waals surface area (Å²) >= 11 is 0. The molecule has 0 saturated carbocycles. The molecule has 0 bridgehead atoms. The average molecular weight is 224 g/mol. The number of piperidine rings is 1. The second-order valence-electron chi connectivity index (χ2n) is 5.80. The molecule has 16 heavy (non-hydrogen) atoms. The van der Waals surface area contributed by atoms with Crippen molar-refractivity contribution in [2.45, 2.75) is 52.0 Å². The molecule has 2 atom stereocenters. The first-order chi connectivity index (χ1) is 7.79. The zero-order valence-corrected chi connectivity index (χ0v) is 11.1. The third-order valence-corrected chi connectivity index (χ3v) is 4.36. The van der Waals surface area contributed by atoms with Gasteiger partial charge in [-0.3, -0.25) is 4.90 Å². The fraction of sp³-hybridized carbons (Fsp3) is 1.00. The van der Waals surface area contributed by atoms with Crippen LogP contribution in [0.1, 0.15) is 46.0 Å². The Hall–Kier alpha value is -0.0800. The number of rotatable bonds is 4. The molecule has 0 amide bonds. The van der Waals surface area contributed by atoms with E-state index in [1.807, 2.05) is 0 Å². The Kier molecular flexibility index (Phi) is 4.66. The largest absolute Gasteiger partial charge is 0.302 e. The van der Waals surface area contributed by atoms with E-state index in [1.54, 1.807) is 0 Å². The van der Waals surface area contributed by atoms with E-state index in [1.165, 1.54) is 64.8 Å². The molecule has 0 aliphatic carbocycles. The van der Waals surface area contributed by atoms with Crippen LogP contribution >= 0.6 is 0 Å². The Morgan fingerprint density at radius 1 is 1.06 bits per heavy atom. The summed E-state index contributed by atoms with van der Waals surface area (Å²) in [6.07, 6.45) is 7.07. The molecule has 2 heteroatoms. The molecular weight excluding hydrogens is 196 g/mol. The van der Waals surface area contributed by atoms with Gasteiger partial charge in [0.25, 0.3) is 0 Å². The van der Waals surface area contributed by atoms with E-state index in [0.717, 1.165) is 12.0 Å². The van der Waals surface area contributed by atoms with Crippen LogP contribution in [0.2, 0.25) is 0 Å². The molecule has 2 nitrogen and oxygen atoms in total. The van der Waals surface area contributed by atoms with Crippen molar-refractivity contribution in [3.8, 4) is 0 Å². The number of likely N-dealkylation sites (tertiary alicyclic amines) is 2. The van der Waals surface area contributed by atoms with Gasteiger partial charge in [0.05, 0.1) is 0 Å². The quantitative estimate of drug-likeness (QED) is 0.724. The number of nitrogens with zero attached hydrogens (tertiary/aromatic N) is 2. The predicted octanol–water partition coefficient (Wildman–Crippen LogP) is 2.59. The summed E-state index contributed by atoms with van der Waals surface area (Å²) in [7, 11) is 0. The van der Waals surface area contributed by atoms with Gasteiger partial charge in [-0.05, 0) is 44.7 Å². The molecule has 2 aliphatic rings. The molecule has 0 spiro atoms. The van der Waals surface area contributed by atoms with E-state index in [4.69, 9.17) is 0 Å². The molecule has 0 aromatic heterocycles. The number of hydrogen-bond donors (Lipinski definition) is 0. The van der Waals surface area contributed by atoms with Gasteiger partial charge in [-0.1, -0.05) is 20.3 Å². The maximum atomic E-state index is 2.74. The van der Waals surface area contributed by atoms with Gasteiger partial charge in [-0.25, -0.2) is 0 Å². The van der Waals surface area contributed by atoms with Crippen molar-refractivity contribution < 1.29 is 0 Å². The SMILES string of the molecule is CC[C@@H]1C[C@@H](C)CN1CCN1CCCCC1. The van der Waals surface area contributed by atoms with Gasteiger partial charge >= 0.3 is 0 Å². The van der Waals surface area contributed by atoms with Crippen LogP contribution in [0.4, 0.5) is 0 Å². The van der Waals surface area contributed by atoms with E-state index in [-0.39, 0.29) is 0 Å². The standard InChI is InChI=1S/C14H28N2/c1-3-14-11-13(2)12-16(14)10-9-15-7-5-4-6-8-15/h13-14H,3-12H2,1-2H3/t13-,14-/m1/s1. The van der Waals surface area contributed by atoms with E-state index in [2.05, 4.69) is 23.6 Å². The molecule has 2 heterocycles. The lowest BCUT2D eigenvalue weighted by Gasteiger charge is -2.30. The van der Waals surface area contributed by atoms with Gasteiger partial charge in [0.15, 0.2) is 0 Å². The monoisotopic (exact) mass is 224 g/mol. The highest BCUT2D eigenvalue weighted by Crippen LogP contribution is 2.24. The Morgan fingerprint density at radius 2 is 1.81 bits per heavy atom. The second kappa shape index (κ2) is 6.02. The summed E-state index contributed by atoms with van der Waals surface area (Å²) < 4.78 is 0. The fourth-order valence-electron chi connectivity index (χ4n) is 3.39. The number of hydrogen-bond acceptors (Lipinski definition) is 2. The maximum Gasteiger partial charge on any atom is 0.0112 e. The fourth-order valence-corrected chi connectivity index (χ4v) is 3.39. The first kappa shape index (κ1) is 12.4. The minimum absolute atomic E-state index is 0.875. The van der Waals surface area contributed by atoms with E-state index < -0.39 is 0 Å². The molecule has 2 rings (SSSR count). The highest BCUT2D eigenvalue weighted by molar-refractivity contribution is 4.83. The van der Waals surface area contributed by atoms with Crippen LogP contribution in [0, 0.1) is 5.92 Å². The van der Waals surface area contributed by atoms with Gasteiger partial charge in [0, 0.05) is 25.7 Å². The predicted molar refractivity (Wildman–Crippen MR) is 69.7 cm³/mol. The minimum atomic E-state index is 0.875. The Balaban J connectivity index is 1.71. The maximum absolute atomic E-state index is 2.74. The normalized spacial score (nSPS) is 33.4. The van der Waals surface area contributed by atoms with Crippen molar-refractivity contribution >= 4 is 0 Å². The first-order valence-corrected chi connectivity index (χ1v) is 7.26. The van der Waals surface area contributed by atoms with Crippen LogP contribution in [0.5, 0.6) is 0 Å². The highest BCUT2D eigenvalue weighted by atomic mass is 15.2. The summed E-state index contributed by atoms with van der Waals surface area (Å²) in [5.41, 5.74) is 0. The Labute approximate surface area is 101 Å². The molecule has 0 aromatic rings. The molecule has 2 aliphatic heterocycles. The third kappa shape index (κ3) is 3.21. The third-order valence-electron chi connectivity index (χ3n) is 4.36. The van der Waals surface area contributed by atoms with E-state index >= 15 is 0 Å². The van der Waals surface area contributed by atoms with Crippen LogP contribution in [0.25, 0.3) is 0 Å². The second-order valence-corrected chi connectivity index (χ2v) is 5.80. The molecule has 0 aromatic carbocycles. The molecule has 0 radical (unpaired) electrons. The zero-order valence-electron chi connectivity index (χ0n) is 11.1. The summed E-state index contributed by atoms with van der Waals surface area (Å²) in [6.45, 7) is 11.4. The summed E-state index contributed by atoms with van der Waals surface area (Å²) in [4.78, 5) is 5.40. The highest BCUT2D eigenvalue weighted by Gasteiger charge is 2.27. The summed E-state index contributed by atoms with van der Waals surface area (Å²) in [5.74, 6) is 0.923. The summed E-state index contributed by atoms with van der Waals surface area (Å²) in [5, 5.41) is 0. The van der Waals surface area contributed by atoms with Crippen molar-refractivity contribution in [1.29, 1.82) is 0 Å². The zero-order chi connectivity index (χ0) is 11.4. The van der Waals surface area contributed by atoms with Crippen LogP contribution in [0.3, 0.4) is 0 Å². The smallest absolute Gasteiger partial charge is 0.0112 e. The molecule has 0 unspecified atom stereocenters. The summed E-state index contributed by atoms with van der Waals surface area (Å²) in [6, 6.07) is 0.875. The van der Waals surface area contributed by atoms with E-state index in [0.29, 0.717) is 0 Å². The van der Waals surface area contributed by atoms with Crippen LogP contribution in [0.15, 0.2) is 0 Å². The van der Waals surface area contributed by atoms with Crippen LogP contribution in [-0.4, -0.2) is 48.6 Å². The molecule has 0 N–H and O–H groups in total. The van der Waals surface area contributed by atoms with Gasteiger partial charge < -0.3 is 4.90 Å². The minimum Gasteiger partial charge on any atom is -0.302 e. The average Bonchev–Trinajstić information content (AvgIpc) is 2.68. The first-order valence-electron chi connectivity index (χ1n) is 7.26. The Morgan fingerprint density at radius 3 is 2.50 bits per heavy atom. The molecule has 2 fully saturated rings. The Bertz CT molecular complexity index is 199. The van der Waals surface area contributed by atoms with Crippen LogP contribution in [-0.2, 0) is 0 Å². The van der Waals surface area contributed by atoms with Crippen molar-refractivity contribution in [3.63, 3.8) is 0 Å². The van der Waals surface area contributed by atoms with E-state index in [9.17, 15) is 0 Å². The lowest BCUT2D eigenvalue weighted by Crippen LogP contribution is -2.39. The van der Waals surface area contributed by atoms with Crippen molar-refractivity contribution in [2.75, 3.05) is 32.7 Å². The molecule has 2 saturated heterocycles. The van der Waals surface area contributed by atoms with Crippen molar-refractivity contribution in [1.82, 2.24) is 9.80 Å².